The topological polar surface area (TPSA) is 20.2 Å². The molecule has 0 saturated carbocycles. The molecule has 1 unspecified atom stereocenters. The molecule has 0 amide bonds. The van der Waals surface area contributed by atoms with Crippen LogP contribution in [0.1, 0.15) is 27.7 Å². The van der Waals surface area contributed by atoms with E-state index in [1.807, 2.05) is 0 Å². The van der Waals surface area contributed by atoms with Crippen LogP contribution in [0, 0.1) is 0 Å². The number of benzene rings is 2. The SMILES string of the molecule is C[C@@H](C1=CC=C[C@H]1P(O)C(C)(C)C)P(c1ccccc1)c1ccccc1. The molecule has 0 fully saturated rings. The Morgan fingerprint density at radius 2 is 1.38 bits per heavy atom. The number of rotatable bonds is 5. The van der Waals surface area contributed by atoms with E-state index in [0.29, 0.717) is 5.66 Å². The second-order valence-corrected chi connectivity index (χ2v) is 12.9. The van der Waals surface area contributed by atoms with Crippen LogP contribution in [-0.2, 0) is 0 Å². The second-order valence-electron chi connectivity index (χ2n) is 7.73. The molecule has 2 aromatic rings. The summed E-state index contributed by atoms with van der Waals surface area (Å²) in [5.74, 6) is 0. The molecule has 0 saturated heterocycles. The third kappa shape index (κ3) is 4.17. The molecule has 0 aromatic heterocycles. The van der Waals surface area contributed by atoms with Gasteiger partial charge in [-0.2, -0.15) is 0 Å². The van der Waals surface area contributed by atoms with Gasteiger partial charge in [-0.25, -0.2) is 0 Å². The molecule has 1 aliphatic rings. The van der Waals surface area contributed by atoms with Gasteiger partial charge in [0.1, 0.15) is 0 Å². The molecule has 3 heteroatoms. The zero-order valence-electron chi connectivity index (χ0n) is 16.0. The lowest BCUT2D eigenvalue weighted by Crippen LogP contribution is -2.27. The molecule has 0 spiro atoms. The largest absolute Gasteiger partial charge is 0.372 e. The molecule has 2 aromatic carbocycles. The lowest BCUT2D eigenvalue weighted by Gasteiger charge is -2.35. The van der Waals surface area contributed by atoms with Gasteiger partial charge in [-0.15, -0.1) is 0 Å². The summed E-state index contributed by atoms with van der Waals surface area (Å²) in [6.07, 6.45) is 6.58. The maximum Gasteiger partial charge on any atom is 0.0438 e. The summed E-state index contributed by atoms with van der Waals surface area (Å²) in [4.78, 5) is 11.0. The fourth-order valence-corrected chi connectivity index (χ4v) is 7.96. The molecule has 136 valence electrons. The summed E-state index contributed by atoms with van der Waals surface area (Å²) in [7, 11) is -1.62. The van der Waals surface area contributed by atoms with Crippen molar-refractivity contribution < 1.29 is 4.89 Å². The normalized spacial score (nSPS) is 19.5. The molecule has 1 aliphatic carbocycles. The summed E-state index contributed by atoms with van der Waals surface area (Å²) in [6, 6.07) is 21.7. The third-order valence-electron chi connectivity index (χ3n) is 4.81. The Bertz CT molecular complexity index is 735. The molecule has 0 heterocycles. The average Bonchev–Trinajstić information content (AvgIpc) is 3.12. The van der Waals surface area contributed by atoms with Gasteiger partial charge >= 0.3 is 0 Å². The first-order chi connectivity index (χ1) is 12.4. The van der Waals surface area contributed by atoms with Crippen molar-refractivity contribution >= 4 is 26.7 Å². The van der Waals surface area contributed by atoms with E-state index in [4.69, 9.17) is 0 Å². The molecule has 0 radical (unpaired) electrons. The first-order valence-corrected chi connectivity index (χ1v) is 11.9. The molecule has 3 rings (SSSR count). The number of hydrogen-bond acceptors (Lipinski definition) is 1. The Balaban J connectivity index is 1.97. The Morgan fingerprint density at radius 1 is 0.885 bits per heavy atom. The quantitative estimate of drug-likeness (QED) is 0.671. The van der Waals surface area contributed by atoms with Gasteiger partial charge in [-0.1, -0.05) is 107 Å². The molecule has 3 atom stereocenters. The van der Waals surface area contributed by atoms with Gasteiger partial charge in [0.05, 0.1) is 0 Å². The van der Waals surface area contributed by atoms with Crippen molar-refractivity contribution in [3.8, 4) is 0 Å². The summed E-state index contributed by atoms with van der Waals surface area (Å²) in [5.41, 5.74) is 1.93. The van der Waals surface area contributed by atoms with Crippen molar-refractivity contribution in [3.63, 3.8) is 0 Å². The maximum absolute atomic E-state index is 11.0. The van der Waals surface area contributed by atoms with Crippen molar-refractivity contribution in [2.24, 2.45) is 0 Å². The van der Waals surface area contributed by atoms with Gasteiger partial charge in [0.25, 0.3) is 0 Å². The van der Waals surface area contributed by atoms with Crippen LogP contribution >= 0.6 is 16.1 Å². The standard InChI is InChI=1S/C23H28OP2/c1-18(21-16-11-17-22(21)26(24)23(2,3)4)25(19-12-7-5-8-13-19)20-14-9-6-10-15-20/h5-18,22,24H,1-4H3/t18-,22+,26?/m0/s1. The first kappa shape index (κ1) is 19.5. The van der Waals surface area contributed by atoms with Gasteiger partial charge < -0.3 is 4.89 Å². The molecule has 26 heavy (non-hydrogen) atoms. The van der Waals surface area contributed by atoms with Gasteiger partial charge in [0.2, 0.25) is 0 Å². The van der Waals surface area contributed by atoms with E-state index in [-0.39, 0.29) is 10.8 Å². The van der Waals surface area contributed by atoms with Gasteiger partial charge in [-0.05, 0) is 24.1 Å². The van der Waals surface area contributed by atoms with E-state index >= 15 is 0 Å². The zero-order valence-corrected chi connectivity index (χ0v) is 17.8. The molecular weight excluding hydrogens is 354 g/mol. The van der Waals surface area contributed by atoms with E-state index in [2.05, 4.69) is 107 Å². The molecule has 1 N–H and O–H groups in total. The van der Waals surface area contributed by atoms with Crippen LogP contribution in [0.25, 0.3) is 0 Å². The number of hydrogen-bond donors (Lipinski definition) is 1. The fraction of sp³-hybridized carbons (Fsp3) is 0.304. The van der Waals surface area contributed by atoms with E-state index in [9.17, 15) is 4.89 Å². The predicted octanol–water partition coefficient (Wildman–Crippen LogP) is 5.56. The fourth-order valence-electron chi connectivity index (χ4n) is 3.43. The lowest BCUT2D eigenvalue weighted by molar-refractivity contribution is 0.571. The minimum Gasteiger partial charge on any atom is -0.372 e. The van der Waals surface area contributed by atoms with Gasteiger partial charge in [0.15, 0.2) is 0 Å². The number of allylic oxidation sites excluding steroid dienone is 4. The van der Waals surface area contributed by atoms with Crippen LogP contribution in [0.3, 0.4) is 0 Å². The summed E-state index contributed by atoms with van der Waals surface area (Å²) in [6.45, 7) is 8.77. The Kier molecular flexibility index (Phi) is 6.13. The Morgan fingerprint density at radius 3 is 1.85 bits per heavy atom. The summed E-state index contributed by atoms with van der Waals surface area (Å²) < 4.78 is 0. The maximum atomic E-state index is 11.0. The average molecular weight is 382 g/mol. The highest BCUT2D eigenvalue weighted by atomic mass is 31.1. The molecule has 0 bridgehead atoms. The van der Waals surface area contributed by atoms with E-state index in [1.54, 1.807) is 0 Å². The van der Waals surface area contributed by atoms with Crippen molar-refractivity contribution in [2.75, 3.05) is 0 Å². The van der Waals surface area contributed by atoms with Crippen LogP contribution in [0.2, 0.25) is 0 Å². The van der Waals surface area contributed by atoms with Crippen LogP contribution in [0.5, 0.6) is 0 Å². The van der Waals surface area contributed by atoms with Crippen molar-refractivity contribution in [1.82, 2.24) is 0 Å². The van der Waals surface area contributed by atoms with Crippen LogP contribution < -0.4 is 10.6 Å². The van der Waals surface area contributed by atoms with Crippen molar-refractivity contribution in [2.45, 2.75) is 44.2 Å². The van der Waals surface area contributed by atoms with Crippen LogP contribution in [0.4, 0.5) is 0 Å². The Labute approximate surface area is 160 Å². The summed E-state index contributed by atoms with van der Waals surface area (Å²) >= 11 is 0. The van der Waals surface area contributed by atoms with Gasteiger partial charge in [-0.3, -0.25) is 0 Å². The van der Waals surface area contributed by atoms with E-state index in [1.165, 1.54) is 16.2 Å². The molecular formula is C23H28OP2. The minimum absolute atomic E-state index is 0.0737. The predicted molar refractivity (Wildman–Crippen MR) is 118 cm³/mol. The monoisotopic (exact) mass is 382 g/mol. The lowest BCUT2D eigenvalue weighted by atomic mass is 10.2. The highest BCUT2D eigenvalue weighted by Crippen LogP contribution is 2.57. The van der Waals surface area contributed by atoms with Crippen LogP contribution in [-0.4, -0.2) is 21.4 Å². The highest BCUT2D eigenvalue weighted by Gasteiger charge is 2.36. The first-order valence-electron chi connectivity index (χ1n) is 9.15. The molecule has 1 nitrogen and oxygen atoms in total. The van der Waals surface area contributed by atoms with E-state index in [0.717, 1.165) is 0 Å². The zero-order chi connectivity index (χ0) is 18.7. The van der Waals surface area contributed by atoms with Crippen molar-refractivity contribution in [1.29, 1.82) is 0 Å². The second kappa shape index (κ2) is 8.18. The van der Waals surface area contributed by atoms with Crippen molar-refractivity contribution in [3.05, 3.63) is 84.5 Å². The third-order valence-corrected chi connectivity index (χ3v) is 9.97. The van der Waals surface area contributed by atoms with E-state index < -0.39 is 16.1 Å². The Hall–Kier alpha value is -1.26. The van der Waals surface area contributed by atoms with Gasteiger partial charge in [0, 0.05) is 24.6 Å². The highest BCUT2D eigenvalue weighted by molar-refractivity contribution is 7.73. The van der Waals surface area contributed by atoms with Crippen LogP contribution in [0.15, 0.2) is 84.5 Å². The smallest absolute Gasteiger partial charge is 0.0438 e. The minimum atomic E-state index is -1.10. The molecule has 0 aliphatic heterocycles. The summed E-state index contributed by atoms with van der Waals surface area (Å²) in [5, 5.41) is 2.71.